The lowest BCUT2D eigenvalue weighted by Gasteiger charge is -2.08. The molecule has 0 aliphatic rings. The maximum Gasteiger partial charge on any atom is 0.227 e. The fourth-order valence-electron chi connectivity index (χ4n) is 1.09. The van der Waals surface area contributed by atoms with Crippen LogP contribution in [0.3, 0.4) is 0 Å². The Kier molecular flexibility index (Phi) is 4.08. The molecule has 1 heterocycles. The highest BCUT2D eigenvalue weighted by molar-refractivity contribution is 9.10. The van der Waals surface area contributed by atoms with Crippen LogP contribution in [-0.4, -0.2) is 29.8 Å². The molecule has 0 bridgehead atoms. The molecule has 0 aliphatic heterocycles. The molecule has 1 aromatic heterocycles. The second-order valence-electron chi connectivity index (χ2n) is 2.89. The summed E-state index contributed by atoms with van der Waals surface area (Å²) in [6.45, 7) is 1.76. The number of hydrogen-bond donors (Lipinski definition) is 0. The predicted octanol–water partition coefficient (Wildman–Crippen LogP) is 2.06. The van der Waals surface area contributed by atoms with Gasteiger partial charge in [0.1, 0.15) is 0 Å². The molecule has 0 aliphatic carbocycles. The molecule has 0 amide bonds. The van der Waals surface area contributed by atoms with E-state index in [1.165, 1.54) is 14.2 Å². The van der Waals surface area contributed by atoms with Crippen LogP contribution in [-0.2, 0) is 0 Å². The molecule has 5 heteroatoms. The van der Waals surface area contributed by atoms with Crippen molar-refractivity contribution in [2.75, 3.05) is 14.2 Å². The summed E-state index contributed by atoms with van der Waals surface area (Å²) in [6.07, 6.45) is 0. The van der Waals surface area contributed by atoms with Gasteiger partial charge in [0.25, 0.3) is 0 Å². The minimum absolute atomic E-state index is 0.0676. The summed E-state index contributed by atoms with van der Waals surface area (Å²) in [7, 11) is 2.98. The van der Waals surface area contributed by atoms with E-state index in [0.29, 0.717) is 11.4 Å². The molecule has 82 valence electrons. The average molecular weight is 274 g/mol. The van der Waals surface area contributed by atoms with E-state index in [-0.39, 0.29) is 16.5 Å². The normalized spacial score (nSPS) is 12.0. The second-order valence-corrected chi connectivity index (χ2v) is 4.26. The number of hydrogen-bond acceptors (Lipinski definition) is 4. The van der Waals surface area contributed by atoms with Crippen LogP contribution in [0, 0.1) is 0 Å². The van der Waals surface area contributed by atoms with Gasteiger partial charge in [-0.15, -0.1) is 0 Å². The molecule has 0 saturated heterocycles. The number of carbonyl (C=O) groups is 1. The van der Waals surface area contributed by atoms with Crippen molar-refractivity contribution in [3.63, 3.8) is 0 Å². The molecule has 1 atom stereocenters. The minimum Gasteiger partial charge on any atom is -0.481 e. The fourth-order valence-corrected chi connectivity index (χ4v) is 1.34. The molecule has 0 spiro atoms. The van der Waals surface area contributed by atoms with Crippen LogP contribution in [0.1, 0.15) is 17.3 Å². The first-order chi connectivity index (χ1) is 7.10. The van der Waals surface area contributed by atoms with Crippen LogP contribution in [0.25, 0.3) is 0 Å². The molecule has 0 N–H and O–H groups in total. The summed E-state index contributed by atoms with van der Waals surface area (Å²) in [6, 6.07) is 3.27. The average Bonchev–Trinajstić information content (AvgIpc) is 2.27. The Morgan fingerprint density at radius 3 is 2.53 bits per heavy atom. The second kappa shape index (κ2) is 5.11. The first-order valence-corrected chi connectivity index (χ1v) is 5.29. The molecule has 0 fully saturated rings. The Balaban J connectivity index is 3.13. The van der Waals surface area contributed by atoms with E-state index in [4.69, 9.17) is 9.47 Å². The van der Waals surface area contributed by atoms with E-state index in [9.17, 15) is 4.79 Å². The Labute approximate surface area is 96.7 Å². The van der Waals surface area contributed by atoms with E-state index >= 15 is 0 Å². The Hall–Kier alpha value is -1.10. The van der Waals surface area contributed by atoms with Crippen LogP contribution in [0.4, 0.5) is 0 Å². The number of ether oxygens (including phenoxy) is 2. The van der Waals surface area contributed by atoms with Crippen molar-refractivity contribution in [3.05, 3.63) is 17.7 Å². The summed E-state index contributed by atoms with van der Waals surface area (Å²) in [4.78, 5) is 15.5. The van der Waals surface area contributed by atoms with E-state index in [2.05, 4.69) is 20.9 Å². The van der Waals surface area contributed by atoms with Gasteiger partial charge in [-0.1, -0.05) is 15.9 Å². The predicted molar refractivity (Wildman–Crippen MR) is 60.1 cm³/mol. The summed E-state index contributed by atoms with van der Waals surface area (Å²) in [5, 5.41) is 0. The van der Waals surface area contributed by atoms with Crippen molar-refractivity contribution in [1.29, 1.82) is 0 Å². The highest BCUT2D eigenvalue weighted by Gasteiger charge is 2.18. The highest BCUT2D eigenvalue weighted by atomic mass is 79.9. The SMILES string of the molecule is COc1ccc(C(=O)C(C)Br)c(OC)n1. The molecule has 0 saturated carbocycles. The Morgan fingerprint density at radius 2 is 2.07 bits per heavy atom. The first-order valence-electron chi connectivity index (χ1n) is 4.37. The minimum atomic E-state index is -0.262. The molecule has 15 heavy (non-hydrogen) atoms. The van der Waals surface area contributed by atoms with Crippen LogP contribution in [0.2, 0.25) is 0 Å². The lowest BCUT2D eigenvalue weighted by Crippen LogP contribution is -2.12. The zero-order valence-corrected chi connectivity index (χ0v) is 10.4. The molecular weight excluding hydrogens is 262 g/mol. The standard InChI is InChI=1S/C10H12BrNO3/c1-6(11)9(13)7-4-5-8(14-2)12-10(7)15-3/h4-6H,1-3H3. The monoisotopic (exact) mass is 273 g/mol. The number of aromatic nitrogens is 1. The summed E-state index contributed by atoms with van der Waals surface area (Å²) in [5.41, 5.74) is 0.447. The third-order valence-corrected chi connectivity index (χ3v) is 2.28. The molecular formula is C10H12BrNO3. The molecule has 4 nitrogen and oxygen atoms in total. The van der Waals surface area contributed by atoms with Gasteiger partial charge in [-0.3, -0.25) is 4.79 Å². The van der Waals surface area contributed by atoms with Crippen molar-refractivity contribution < 1.29 is 14.3 Å². The number of Topliss-reactive ketones (excluding diaryl/α,β-unsaturated/α-hetero) is 1. The third kappa shape index (κ3) is 2.68. The Morgan fingerprint density at radius 1 is 1.40 bits per heavy atom. The smallest absolute Gasteiger partial charge is 0.227 e. The highest BCUT2D eigenvalue weighted by Crippen LogP contribution is 2.22. The van der Waals surface area contributed by atoms with E-state index < -0.39 is 0 Å². The van der Waals surface area contributed by atoms with Crippen LogP contribution in [0.5, 0.6) is 11.8 Å². The number of carbonyl (C=O) groups excluding carboxylic acids is 1. The molecule has 1 unspecified atom stereocenters. The maximum atomic E-state index is 11.7. The van der Waals surface area contributed by atoms with Gasteiger partial charge in [0.15, 0.2) is 5.78 Å². The largest absolute Gasteiger partial charge is 0.481 e. The number of alkyl halides is 1. The molecule has 0 aromatic carbocycles. The summed E-state index contributed by atoms with van der Waals surface area (Å²) < 4.78 is 9.96. The van der Waals surface area contributed by atoms with Crippen molar-refractivity contribution in [3.8, 4) is 11.8 Å². The quantitative estimate of drug-likeness (QED) is 0.623. The Bertz CT molecular complexity index is 366. The lowest BCUT2D eigenvalue weighted by atomic mass is 10.1. The molecule has 1 rings (SSSR count). The van der Waals surface area contributed by atoms with Gasteiger partial charge in [-0.2, -0.15) is 4.98 Å². The van der Waals surface area contributed by atoms with Crippen molar-refractivity contribution in [2.45, 2.75) is 11.8 Å². The van der Waals surface area contributed by atoms with Crippen molar-refractivity contribution >= 4 is 21.7 Å². The zero-order valence-electron chi connectivity index (χ0n) is 8.78. The van der Waals surface area contributed by atoms with Crippen LogP contribution in [0.15, 0.2) is 12.1 Å². The van der Waals surface area contributed by atoms with Gasteiger partial charge in [0.2, 0.25) is 11.8 Å². The maximum absolute atomic E-state index is 11.7. The number of rotatable bonds is 4. The number of nitrogens with zero attached hydrogens (tertiary/aromatic N) is 1. The van der Waals surface area contributed by atoms with Gasteiger partial charge in [0.05, 0.1) is 24.6 Å². The van der Waals surface area contributed by atoms with E-state index in [0.717, 1.165) is 0 Å². The topological polar surface area (TPSA) is 48.4 Å². The van der Waals surface area contributed by atoms with Gasteiger partial charge >= 0.3 is 0 Å². The first kappa shape index (κ1) is 12.0. The number of halogens is 1. The molecule has 0 radical (unpaired) electrons. The van der Waals surface area contributed by atoms with Gasteiger partial charge in [0, 0.05) is 6.07 Å². The molecule has 1 aromatic rings. The van der Waals surface area contributed by atoms with E-state index in [1.807, 2.05) is 0 Å². The zero-order chi connectivity index (χ0) is 11.4. The van der Waals surface area contributed by atoms with Gasteiger partial charge < -0.3 is 9.47 Å². The number of pyridine rings is 1. The van der Waals surface area contributed by atoms with E-state index in [1.54, 1.807) is 19.1 Å². The van der Waals surface area contributed by atoms with Crippen LogP contribution >= 0.6 is 15.9 Å². The van der Waals surface area contributed by atoms with Crippen molar-refractivity contribution in [2.24, 2.45) is 0 Å². The van der Waals surface area contributed by atoms with Gasteiger partial charge in [-0.05, 0) is 13.0 Å². The number of methoxy groups -OCH3 is 2. The number of ketones is 1. The summed E-state index contributed by atoms with van der Waals surface area (Å²) >= 11 is 3.21. The third-order valence-electron chi connectivity index (χ3n) is 1.86. The lowest BCUT2D eigenvalue weighted by molar-refractivity contribution is 0.0992. The van der Waals surface area contributed by atoms with Crippen LogP contribution < -0.4 is 9.47 Å². The summed E-state index contributed by atoms with van der Waals surface area (Å²) in [5.74, 6) is 0.637. The fraction of sp³-hybridized carbons (Fsp3) is 0.400. The van der Waals surface area contributed by atoms with Gasteiger partial charge in [-0.25, -0.2) is 0 Å². The van der Waals surface area contributed by atoms with Crippen molar-refractivity contribution in [1.82, 2.24) is 4.98 Å².